The third kappa shape index (κ3) is 3.08. The average Bonchev–Trinajstić information content (AvgIpc) is 2.48. The normalized spacial score (nSPS) is 27.4. The maximum Gasteiger partial charge on any atom is 0.0701 e. The fraction of sp³-hybridized carbons (Fsp3) is 0.625. The molecule has 4 heteroatoms. The van der Waals surface area contributed by atoms with Gasteiger partial charge in [0.15, 0.2) is 0 Å². The van der Waals surface area contributed by atoms with E-state index in [1.54, 1.807) is 0 Å². The topological polar surface area (TPSA) is 35.2 Å². The van der Waals surface area contributed by atoms with Gasteiger partial charge in [0, 0.05) is 17.1 Å². The Morgan fingerprint density at radius 1 is 1.30 bits per heavy atom. The Morgan fingerprint density at radius 2 is 2.05 bits per heavy atom. The minimum atomic E-state index is 0.112. The molecule has 0 amide bonds. The maximum atomic E-state index is 6.57. The second-order valence-corrected chi connectivity index (χ2v) is 8.02. The van der Waals surface area contributed by atoms with Crippen LogP contribution in [0.4, 0.5) is 0 Å². The van der Waals surface area contributed by atoms with E-state index in [0.29, 0.717) is 5.92 Å². The molecule has 0 saturated carbocycles. The van der Waals surface area contributed by atoms with Gasteiger partial charge in [0.2, 0.25) is 0 Å². The highest BCUT2D eigenvalue weighted by Gasteiger charge is 2.40. The van der Waals surface area contributed by atoms with Crippen LogP contribution in [0.2, 0.25) is 0 Å². The van der Waals surface area contributed by atoms with Crippen molar-refractivity contribution >= 4 is 27.7 Å². The Hall–Kier alpha value is -0.0300. The summed E-state index contributed by atoms with van der Waals surface area (Å²) in [5, 5.41) is 0. The predicted octanol–water partition coefficient (Wildman–Crippen LogP) is 4.14. The van der Waals surface area contributed by atoms with Crippen LogP contribution >= 0.6 is 27.7 Å². The minimum Gasteiger partial charge on any atom is -0.375 e. The van der Waals surface area contributed by atoms with E-state index >= 15 is 0 Å². The molecule has 2 atom stereocenters. The van der Waals surface area contributed by atoms with Gasteiger partial charge in [0.25, 0.3) is 0 Å². The lowest BCUT2D eigenvalue weighted by Crippen LogP contribution is -2.45. The number of halogens is 1. The van der Waals surface area contributed by atoms with E-state index in [4.69, 9.17) is 10.5 Å². The lowest BCUT2D eigenvalue weighted by Gasteiger charge is -2.45. The molecule has 2 fully saturated rings. The molecule has 2 saturated heterocycles. The zero-order valence-electron chi connectivity index (χ0n) is 11.7. The minimum absolute atomic E-state index is 0.112. The second-order valence-electron chi connectivity index (χ2n) is 5.94. The van der Waals surface area contributed by atoms with Crippen molar-refractivity contribution in [3.8, 4) is 0 Å². The summed E-state index contributed by atoms with van der Waals surface area (Å²) in [6, 6.07) is 8.46. The molecule has 2 heterocycles. The van der Waals surface area contributed by atoms with E-state index < -0.39 is 0 Å². The van der Waals surface area contributed by atoms with Crippen molar-refractivity contribution in [3.05, 3.63) is 34.3 Å². The molecule has 0 bridgehead atoms. The molecular weight excluding hydrogens is 334 g/mol. The highest BCUT2D eigenvalue weighted by molar-refractivity contribution is 9.10. The van der Waals surface area contributed by atoms with Crippen molar-refractivity contribution in [2.75, 3.05) is 18.1 Å². The lowest BCUT2D eigenvalue weighted by atomic mass is 9.77. The Bertz CT molecular complexity index is 456. The van der Waals surface area contributed by atoms with E-state index in [0.717, 1.165) is 23.9 Å². The fourth-order valence-electron chi connectivity index (χ4n) is 3.46. The quantitative estimate of drug-likeness (QED) is 0.865. The summed E-state index contributed by atoms with van der Waals surface area (Å²) in [6.45, 7) is 0.869. The molecule has 1 aromatic rings. The molecule has 2 unspecified atom stereocenters. The number of nitrogens with two attached hydrogens (primary N) is 1. The molecule has 20 heavy (non-hydrogen) atoms. The third-order valence-corrected chi connectivity index (χ3v) is 6.42. The smallest absolute Gasteiger partial charge is 0.0701 e. The van der Waals surface area contributed by atoms with Crippen molar-refractivity contribution < 1.29 is 4.74 Å². The average molecular weight is 356 g/mol. The van der Waals surface area contributed by atoms with Crippen molar-refractivity contribution in [1.82, 2.24) is 0 Å². The third-order valence-electron chi connectivity index (χ3n) is 4.71. The Kier molecular flexibility index (Phi) is 4.75. The van der Waals surface area contributed by atoms with Gasteiger partial charge in [-0.1, -0.05) is 34.1 Å². The van der Waals surface area contributed by atoms with E-state index in [-0.39, 0.29) is 11.6 Å². The molecule has 2 aliphatic rings. The number of benzene rings is 1. The SMILES string of the molecule is NC(c1ccccc1Br)C1CCOC2(CCSCC2)C1. The van der Waals surface area contributed by atoms with Gasteiger partial charge in [-0.3, -0.25) is 0 Å². The van der Waals surface area contributed by atoms with Crippen LogP contribution < -0.4 is 5.73 Å². The predicted molar refractivity (Wildman–Crippen MR) is 89.0 cm³/mol. The van der Waals surface area contributed by atoms with Crippen molar-refractivity contribution in [1.29, 1.82) is 0 Å². The van der Waals surface area contributed by atoms with Crippen LogP contribution in [0.5, 0.6) is 0 Å². The van der Waals surface area contributed by atoms with Crippen LogP contribution in [0, 0.1) is 5.92 Å². The summed E-state index contributed by atoms with van der Waals surface area (Å²) in [6.07, 6.45) is 4.58. The Labute approximate surface area is 134 Å². The molecule has 3 rings (SSSR count). The first-order chi connectivity index (χ1) is 9.70. The van der Waals surface area contributed by atoms with Gasteiger partial charge in [-0.05, 0) is 54.7 Å². The molecule has 110 valence electrons. The van der Waals surface area contributed by atoms with Crippen molar-refractivity contribution in [3.63, 3.8) is 0 Å². The van der Waals surface area contributed by atoms with Gasteiger partial charge in [-0.25, -0.2) is 0 Å². The molecule has 0 aliphatic carbocycles. The molecule has 2 nitrogen and oxygen atoms in total. The summed E-state index contributed by atoms with van der Waals surface area (Å²) in [5.41, 5.74) is 7.92. The second kappa shape index (κ2) is 6.39. The van der Waals surface area contributed by atoms with Crippen LogP contribution in [0.15, 0.2) is 28.7 Å². The van der Waals surface area contributed by atoms with Gasteiger partial charge in [0.1, 0.15) is 0 Å². The first-order valence-electron chi connectivity index (χ1n) is 7.42. The summed E-state index contributed by atoms with van der Waals surface area (Å²) < 4.78 is 7.30. The molecular formula is C16H22BrNOS. The largest absolute Gasteiger partial charge is 0.375 e. The molecule has 1 aromatic carbocycles. The number of hydrogen-bond donors (Lipinski definition) is 1. The Balaban J connectivity index is 1.75. The first kappa shape index (κ1) is 14.9. The van der Waals surface area contributed by atoms with Crippen LogP contribution in [-0.2, 0) is 4.74 Å². The Morgan fingerprint density at radius 3 is 2.80 bits per heavy atom. The monoisotopic (exact) mass is 355 g/mol. The first-order valence-corrected chi connectivity index (χ1v) is 9.37. The van der Waals surface area contributed by atoms with Crippen molar-refractivity contribution in [2.24, 2.45) is 11.7 Å². The zero-order valence-corrected chi connectivity index (χ0v) is 14.1. The highest BCUT2D eigenvalue weighted by atomic mass is 79.9. The zero-order chi connectivity index (χ0) is 14.0. The van der Waals surface area contributed by atoms with E-state index in [9.17, 15) is 0 Å². The lowest BCUT2D eigenvalue weighted by molar-refractivity contribution is -0.105. The number of thioether (sulfide) groups is 1. The van der Waals surface area contributed by atoms with E-state index in [1.807, 2.05) is 6.07 Å². The summed E-state index contributed by atoms with van der Waals surface area (Å²) in [5.74, 6) is 3.00. The molecule has 2 aliphatic heterocycles. The molecule has 0 radical (unpaired) electrons. The standard InChI is InChI=1S/C16H22BrNOS/c17-14-4-2-1-3-13(14)15(18)12-5-8-19-16(11-12)6-9-20-10-7-16/h1-4,12,15H,5-11,18H2. The molecule has 2 N–H and O–H groups in total. The van der Waals surface area contributed by atoms with Crippen LogP contribution in [0.1, 0.15) is 37.3 Å². The number of hydrogen-bond acceptors (Lipinski definition) is 3. The fourth-order valence-corrected chi connectivity index (χ4v) is 5.25. The van der Waals surface area contributed by atoms with Gasteiger partial charge < -0.3 is 10.5 Å². The summed E-state index contributed by atoms with van der Waals surface area (Å²) in [7, 11) is 0. The van der Waals surface area contributed by atoms with Crippen molar-refractivity contribution in [2.45, 2.75) is 37.3 Å². The summed E-state index contributed by atoms with van der Waals surface area (Å²) >= 11 is 5.69. The van der Waals surface area contributed by atoms with Gasteiger partial charge >= 0.3 is 0 Å². The van der Waals surface area contributed by atoms with Crippen LogP contribution in [-0.4, -0.2) is 23.7 Å². The molecule has 0 aromatic heterocycles. The molecule has 1 spiro atoms. The van der Waals surface area contributed by atoms with E-state index in [1.165, 1.54) is 29.9 Å². The summed E-state index contributed by atoms with van der Waals surface area (Å²) in [4.78, 5) is 0. The van der Waals surface area contributed by atoms with Gasteiger partial charge in [-0.15, -0.1) is 0 Å². The highest BCUT2D eigenvalue weighted by Crippen LogP contribution is 2.43. The number of rotatable bonds is 2. The van der Waals surface area contributed by atoms with Gasteiger partial charge in [0.05, 0.1) is 5.60 Å². The number of ether oxygens (including phenoxy) is 1. The van der Waals surface area contributed by atoms with E-state index in [2.05, 4.69) is 45.9 Å². The van der Waals surface area contributed by atoms with Crippen LogP contribution in [0.3, 0.4) is 0 Å². The van der Waals surface area contributed by atoms with Gasteiger partial charge in [-0.2, -0.15) is 11.8 Å². The maximum absolute atomic E-state index is 6.57. The van der Waals surface area contributed by atoms with Crippen LogP contribution in [0.25, 0.3) is 0 Å².